The van der Waals surface area contributed by atoms with E-state index in [0.29, 0.717) is 36.0 Å². The molecule has 0 bridgehead atoms. The number of aromatic nitrogens is 2. The summed E-state index contributed by atoms with van der Waals surface area (Å²) in [7, 11) is -1.94. The van der Waals surface area contributed by atoms with Crippen molar-refractivity contribution in [1.82, 2.24) is 14.5 Å². The first kappa shape index (κ1) is 23.3. The van der Waals surface area contributed by atoms with Gasteiger partial charge in [0.25, 0.3) is 11.1 Å². The number of sulfonamides is 1. The number of hydrogen-bond acceptors (Lipinski definition) is 8. The summed E-state index contributed by atoms with van der Waals surface area (Å²) in [5.74, 6) is 0.701. The van der Waals surface area contributed by atoms with Gasteiger partial charge in [0.15, 0.2) is 0 Å². The lowest BCUT2D eigenvalue weighted by atomic mass is 10.2. The number of rotatable bonds is 8. The summed E-state index contributed by atoms with van der Waals surface area (Å²) in [5.41, 5.74) is 1.18. The number of ether oxygens (including phenoxy) is 1. The van der Waals surface area contributed by atoms with E-state index >= 15 is 0 Å². The maximum Gasteiger partial charge on any atom is 0.277 e. The normalized spacial score (nSPS) is 14.7. The molecule has 33 heavy (non-hydrogen) atoms. The molecule has 174 valence electrons. The second kappa shape index (κ2) is 10.4. The first-order chi connectivity index (χ1) is 16.0. The number of nitrogens with one attached hydrogen (secondary N) is 1. The topological polar surface area (TPSA) is 115 Å². The first-order valence-corrected chi connectivity index (χ1v) is 12.9. The molecule has 1 N–H and O–H groups in total. The number of amides is 1. The van der Waals surface area contributed by atoms with Crippen molar-refractivity contribution in [2.45, 2.75) is 29.4 Å². The number of para-hydroxylation sites is 1. The fourth-order valence-electron chi connectivity index (χ4n) is 3.49. The standard InChI is InChI=1S/C22H24N4O5S2/c1-30-19-8-4-3-7-18(19)21-24-25-22(31-21)32-15-20(27)23-16-9-11-17(12-10-16)33(28,29)26-13-5-2-6-14-26/h3-4,7-12H,2,5-6,13-15H2,1H3,(H,23,27). The van der Waals surface area contributed by atoms with E-state index in [2.05, 4.69) is 15.5 Å². The van der Waals surface area contributed by atoms with Gasteiger partial charge in [0, 0.05) is 18.8 Å². The number of anilines is 1. The summed E-state index contributed by atoms with van der Waals surface area (Å²) < 4.78 is 37.9. The van der Waals surface area contributed by atoms with E-state index in [-0.39, 0.29) is 21.8 Å². The van der Waals surface area contributed by atoms with Crippen LogP contribution in [0.5, 0.6) is 5.75 Å². The highest BCUT2D eigenvalue weighted by molar-refractivity contribution is 7.99. The molecule has 0 radical (unpaired) electrons. The molecule has 0 spiro atoms. The van der Waals surface area contributed by atoms with Crippen molar-refractivity contribution in [3.8, 4) is 17.2 Å². The Morgan fingerprint density at radius 3 is 2.55 bits per heavy atom. The third-order valence-corrected chi connectivity index (χ3v) is 7.89. The Labute approximate surface area is 196 Å². The van der Waals surface area contributed by atoms with Crippen LogP contribution >= 0.6 is 11.8 Å². The molecule has 1 aliphatic rings. The van der Waals surface area contributed by atoms with Gasteiger partial charge in [-0.1, -0.05) is 30.3 Å². The van der Waals surface area contributed by atoms with Gasteiger partial charge < -0.3 is 14.5 Å². The number of thioether (sulfide) groups is 1. The molecule has 0 unspecified atom stereocenters. The number of carbonyl (C=O) groups is 1. The third kappa shape index (κ3) is 5.55. The fourth-order valence-corrected chi connectivity index (χ4v) is 5.57. The van der Waals surface area contributed by atoms with Gasteiger partial charge in [0.2, 0.25) is 15.9 Å². The minimum Gasteiger partial charge on any atom is -0.496 e. The van der Waals surface area contributed by atoms with Gasteiger partial charge >= 0.3 is 0 Å². The Hall–Kier alpha value is -2.89. The lowest BCUT2D eigenvalue weighted by molar-refractivity contribution is -0.113. The van der Waals surface area contributed by atoms with Crippen molar-refractivity contribution in [3.63, 3.8) is 0 Å². The van der Waals surface area contributed by atoms with Crippen LogP contribution in [-0.4, -0.2) is 54.8 Å². The quantitative estimate of drug-likeness (QED) is 0.478. The minimum atomic E-state index is -3.50. The van der Waals surface area contributed by atoms with E-state index in [1.165, 1.54) is 16.4 Å². The summed E-state index contributed by atoms with van der Waals surface area (Å²) in [5, 5.41) is 11.0. The molecule has 0 atom stereocenters. The molecule has 1 fully saturated rings. The van der Waals surface area contributed by atoms with Crippen molar-refractivity contribution in [2.24, 2.45) is 0 Å². The Morgan fingerprint density at radius 1 is 1.09 bits per heavy atom. The van der Waals surface area contributed by atoms with Crippen LogP contribution in [0.1, 0.15) is 19.3 Å². The number of piperidine rings is 1. The zero-order chi connectivity index (χ0) is 23.3. The van der Waals surface area contributed by atoms with Crippen LogP contribution in [0.25, 0.3) is 11.5 Å². The minimum absolute atomic E-state index is 0.0569. The average Bonchev–Trinajstić information content (AvgIpc) is 3.32. The number of hydrogen-bond donors (Lipinski definition) is 1. The summed E-state index contributed by atoms with van der Waals surface area (Å²) in [6.45, 7) is 1.10. The molecule has 0 aliphatic carbocycles. The number of nitrogens with zero attached hydrogens (tertiary/aromatic N) is 3. The van der Waals surface area contributed by atoms with Crippen LogP contribution in [0.4, 0.5) is 5.69 Å². The smallest absolute Gasteiger partial charge is 0.277 e. The second-order valence-corrected chi connectivity index (χ2v) is 10.3. The fraction of sp³-hybridized carbons (Fsp3) is 0.318. The molecule has 9 nitrogen and oxygen atoms in total. The summed E-state index contributed by atoms with van der Waals surface area (Å²) in [4.78, 5) is 12.6. The Morgan fingerprint density at radius 2 is 1.82 bits per heavy atom. The number of benzene rings is 2. The van der Waals surface area contributed by atoms with Gasteiger partial charge in [-0.3, -0.25) is 4.79 Å². The zero-order valence-corrected chi connectivity index (χ0v) is 19.7. The van der Waals surface area contributed by atoms with E-state index in [0.717, 1.165) is 31.0 Å². The molecular formula is C22H24N4O5S2. The number of methoxy groups -OCH3 is 1. The van der Waals surface area contributed by atoms with Crippen molar-refractivity contribution in [1.29, 1.82) is 0 Å². The van der Waals surface area contributed by atoms with Crippen LogP contribution in [-0.2, 0) is 14.8 Å². The molecule has 3 aromatic rings. The molecule has 4 rings (SSSR count). The second-order valence-electron chi connectivity index (χ2n) is 7.40. The maximum atomic E-state index is 12.7. The molecule has 1 aliphatic heterocycles. The zero-order valence-electron chi connectivity index (χ0n) is 18.1. The lowest BCUT2D eigenvalue weighted by Gasteiger charge is -2.25. The molecular weight excluding hydrogens is 464 g/mol. The molecule has 1 aromatic heterocycles. The molecule has 1 saturated heterocycles. The Kier molecular flexibility index (Phi) is 7.31. The average molecular weight is 489 g/mol. The third-order valence-electron chi connectivity index (χ3n) is 5.16. The first-order valence-electron chi connectivity index (χ1n) is 10.5. The molecule has 2 heterocycles. The van der Waals surface area contributed by atoms with Gasteiger partial charge in [-0.05, 0) is 49.2 Å². The largest absolute Gasteiger partial charge is 0.496 e. The molecule has 0 saturated carbocycles. The SMILES string of the molecule is COc1ccccc1-c1nnc(SCC(=O)Nc2ccc(S(=O)(=O)N3CCCCC3)cc2)o1. The monoisotopic (exact) mass is 488 g/mol. The van der Waals surface area contributed by atoms with Crippen LogP contribution in [0.15, 0.2) is 63.1 Å². The van der Waals surface area contributed by atoms with Crippen LogP contribution < -0.4 is 10.1 Å². The van der Waals surface area contributed by atoms with Crippen molar-refractivity contribution < 1.29 is 22.4 Å². The van der Waals surface area contributed by atoms with Gasteiger partial charge in [0.1, 0.15) is 5.75 Å². The van der Waals surface area contributed by atoms with E-state index in [1.807, 2.05) is 18.2 Å². The van der Waals surface area contributed by atoms with Crippen LogP contribution in [0.2, 0.25) is 0 Å². The Bertz CT molecular complexity index is 1210. The van der Waals surface area contributed by atoms with E-state index in [1.54, 1.807) is 25.3 Å². The summed E-state index contributed by atoms with van der Waals surface area (Å²) in [6, 6.07) is 13.5. The van der Waals surface area contributed by atoms with Gasteiger partial charge in [0.05, 0.1) is 23.3 Å². The molecule has 1 amide bonds. The van der Waals surface area contributed by atoms with E-state index < -0.39 is 10.0 Å². The van der Waals surface area contributed by atoms with E-state index in [4.69, 9.17) is 9.15 Å². The highest BCUT2D eigenvalue weighted by Gasteiger charge is 2.25. The van der Waals surface area contributed by atoms with Crippen molar-refractivity contribution >= 4 is 33.4 Å². The van der Waals surface area contributed by atoms with E-state index in [9.17, 15) is 13.2 Å². The van der Waals surface area contributed by atoms with Crippen LogP contribution in [0, 0.1) is 0 Å². The van der Waals surface area contributed by atoms with Crippen molar-refractivity contribution in [3.05, 3.63) is 48.5 Å². The summed E-state index contributed by atoms with van der Waals surface area (Å²) in [6.07, 6.45) is 2.82. The maximum absolute atomic E-state index is 12.7. The highest BCUT2D eigenvalue weighted by atomic mass is 32.2. The lowest BCUT2D eigenvalue weighted by Crippen LogP contribution is -2.35. The predicted octanol–water partition coefficient (Wildman–Crippen LogP) is 3.65. The van der Waals surface area contributed by atoms with Gasteiger partial charge in [-0.15, -0.1) is 10.2 Å². The molecule has 2 aromatic carbocycles. The van der Waals surface area contributed by atoms with Crippen molar-refractivity contribution in [2.75, 3.05) is 31.3 Å². The Balaban J connectivity index is 1.33. The predicted molar refractivity (Wildman–Crippen MR) is 125 cm³/mol. The van der Waals surface area contributed by atoms with Gasteiger partial charge in [-0.25, -0.2) is 8.42 Å². The highest BCUT2D eigenvalue weighted by Crippen LogP contribution is 2.30. The number of carbonyl (C=O) groups excluding carboxylic acids is 1. The summed E-state index contributed by atoms with van der Waals surface area (Å²) >= 11 is 1.11. The molecule has 11 heteroatoms. The van der Waals surface area contributed by atoms with Crippen LogP contribution in [0.3, 0.4) is 0 Å². The van der Waals surface area contributed by atoms with Gasteiger partial charge in [-0.2, -0.15) is 4.31 Å².